The van der Waals surface area contributed by atoms with Gasteiger partial charge in [-0.25, -0.2) is 15.0 Å². The van der Waals surface area contributed by atoms with Crippen molar-refractivity contribution in [2.75, 3.05) is 5.32 Å². The monoisotopic (exact) mass is 374 g/mol. The smallest absolute Gasteiger partial charge is 0.274 e. The lowest BCUT2D eigenvalue weighted by molar-refractivity contribution is 0.102. The number of rotatable bonds is 4. The van der Waals surface area contributed by atoms with E-state index in [-0.39, 0.29) is 22.5 Å². The van der Waals surface area contributed by atoms with Gasteiger partial charge in [-0.2, -0.15) is 0 Å². The molecule has 0 bridgehead atoms. The van der Waals surface area contributed by atoms with E-state index in [0.29, 0.717) is 22.3 Å². The quantitative estimate of drug-likeness (QED) is 0.725. The van der Waals surface area contributed by atoms with Crippen LogP contribution in [0.3, 0.4) is 0 Å². The zero-order valence-corrected chi connectivity index (χ0v) is 14.5. The second-order valence-corrected chi connectivity index (χ2v) is 5.83. The first-order valence-electron chi connectivity index (χ1n) is 7.22. The van der Waals surface area contributed by atoms with Gasteiger partial charge in [-0.3, -0.25) is 4.79 Å². The molecule has 0 saturated carbocycles. The predicted octanol–water partition coefficient (Wildman–Crippen LogP) is 4.53. The lowest BCUT2D eigenvalue weighted by atomic mass is 10.2. The molecule has 0 fully saturated rings. The molecule has 3 rings (SSSR count). The standard InChI is InChI=1S/C17H12Cl2N4O2/c1-10-20-7-6-14(22-10)16(24)23-13-4-2-3-5-15(13)25-17-12(19)8-11(18)9-21-17/h2-9H,1H3,(H,23,24). The number of hydrogen-bond donors (Lipinski definition) is 1. The van der Waals surface area contributed by atoms with Crippen molar-refractivity contribution < 1.29 is 9.53 Å². The third kappa shape index (κ3) is 4.23. The molecule has 1 amide bonds. The van der Waals surface area contributed by atoms with Crippen LogP contribution in [0.5, 0.6) is 11.6 Å². The van der Waals surface area contributed by atoms with E-state index in [1.54, 1.807) is 31.2 Å². The SMILES string of the molecule is Cc1nccc(C(=O)Nc2ccccc2Oc2ncc(Cl)cc2Cl)n1. The Morgan fingerprint density at radius 3 is 2.72 bits per heavy atom. The maximum atomic E-state index is 12.4. The minimum Gasteiger partial charge on any atom is -0.435 e. The summed E-state index contributed by atoms with van der Waals surface area (Å²) in [4.78, 5) is 24.5. The molecule has 1 N–H and O–H groups in total. The number of amides is 1. The van der Waals surface area contributed by atoms with E-state index in [1.807, 2.05) is 0 Å². The summed E-state index contributed by atoms with van der Waals surface area (Å²) < 4.78 is 5.71. The summed E-state index contributed by atoms with van der Waals surface area (Å²) in [5, 5.41) is 3.42. The fourth-order valence-corrected chi connectivity index (χ4v) is 2.43. The number of nitrogens with one attached hydrogen (secondary N) is 1. The number of benzene rings is 1. The molecule has 3 aromatic rings. The van der Waals surface area contributed by atoms with Crippen LogP contribution in [0.15, 0.2) is 48.8 Å². The van der Waals surface area contributed by atoms with Crippen molar-refractivity contribution in [3.8, 4) is 11.6 Å². The van der Waals surface area contributed by atoms with Gasteiger partial charge < -0.3 is 10.1 Å². The van der Waals surface area contributed by atoms with Gasteiger partial charge in [0.15, 0.2) is 5.75 Å². The summed E-state index contributed by atoms with van der Waals surface area (Å²) >= 11 is 11.9. The van der Waals surface area contributed by atoms with E-state index in [9.17, 15) is 4.79 Å². The molecule has 8 heteroatoms. The van der Waals surface area contributed by atoms with Crippen LogP contribution in [0, 0.1) is 6.92 Å². The molecule has 0 atom stereocenters. The number of carbonyl (C=O) groups is 1. The maximum Gasteiger partial charge on any atom is 0.274 e. The lowest BCUT2D eigenvalue weighted by Gasteiger charge is -2.12. The van der Waals surface area contributed by atoms with Crippen molar-refractivity contribution in [3.63, 3.8) is 0 Å². The second kappa shape index (κ2) is 7.46. The lowest BCUT2D eigenvalue weighted by Crippen LogP contribution is -2.15. The summed E-state index contributed by atoms with van der Waals surface area (Å²) in [5.74, 6) is 0.704. The van der Waals surface area contributed by atoms with Crippen LogP contribution < -0.4 is 10.1 Å². The van der Waals surface area contributed by atoms with Crippen molar-refractivity contribution in [2.45, 2.75) is 6.92 Å². The van der Waals surface area contributed by atoms with Crippen molar-refractivity contribution in [1.82, 2.24) is 15.0 Å². The van der Waals surface area contributed by atoms with Crippen LogP contribution in [0.4, 0.5) is 5.69 Å². The van der Waals surface area contributed by atoms with E-state index >= 15 is 0 Å². The van der Waals surface area contributed by atoms with Gasteiger partial charge in [0.25, 0.3) is 5.91 Å². The number of para-hydroxylation sites is 2. The Morgan fingerprint density at radius 2 is 1.96 bits per heavy atom. The molecule has 0 aliphatic heterocycles. The Labute approximate surface area is 153 Å². The van der Waals surface area contributed by atoms with Gasteiger partial charge in [0.05, 0.1) is 10.7 Å². The third-order valence-electron chi connectivity index (χ3n) is 3.12. The van der Waals surface area contributed by atoms with E-state index in [4.69, 9.17) is 27.9 Å². The van der Waals surface area contributed by atoms with Crippen molar-refractivity contribution >= 4 is 34.8 Å². The molecule has 0 unspecified atom stereocenters. The van der Waals surface area contributed by atoms with Gasteiger partial charge in [-0.15, -0.1) is 0 Å². The number of aryl methyl sites for hydroxylation is 1. The predicted molar refractivity (Wildman–Crippen MR) is 95.5 cm³/mol. The van der Waals surface area contributed by atoms with Crippen LogP contribution in [0.25, 0.3) is 0 Å². The summed E-state index contributed by atoms with van der Waals surface area (Å²) in [5.41, 5.74) is 0.710. The van der Waals surface area contributed by atoms with Crippen LogP contribution >= 0.6 is 23.2 Å². The van der Waals surface area contributed by atoms with Crippen LogP contribution in [-0.4, -0.2) is 20.9 Å². The largest absolute Gasteiger partial charge is 0.435 e. The number of anilines is 1. The molecule has 25 heavy (non-hydrogen) atoms. The molecule has 0 radical (unpaired) electrons. The van der Waals surface area contributed by atoms with Crippen molar-refractivity contribution in [2.24, 2.45) is 0 Å². The number of halogens is 2. The zero-order chi connectivity index (χ0) is 17.8. The molecule has 0 saturated heterocycles. The number of carbonyl (C=O) groups excluding carboxylic acids is 1. The molecule has 2 aromatic heterocycles. The van der Waals surface area contributed by atoms with E-state index in [2.05, 4.69) is 20.3 Å². The summed E-state index contributed by atoms with van der Waals surface area (Å²) in [6.45, 7) is 1.71. The number of aromatic nitrogens is 3. The molecule has 6 nitrogen and oxygen atoms in total. The van der Waals surface area contributed by atoms with Crippen LogP contribution in [0.2, 0.25) is 10.0 Å². The highest BCUT2D eigenvalue weighted by Gasteiger charge is 2.13. The number of nitrogens with zero attached hydrogens (tertiary/aromatic N) is 3. The average Bonchev–Trinajstić information content (AvgIpc) is 2.59. The van der Waals surface area contributed by atoms with Crippen LogP contribution in [0.1, 0.15) is 16.3 Å². The van der Waals surface area contributed by atoms with Gasteiger partial charge in [0, 0.05) is 12.4 Å². The maximum absolute atomic E-state index is 12.4. The van der Waals surface area contributed by atoms with E-state index in [0.717, 1.165) is 0 Å². The third-order valence-corrected chi connectivity index (χ3v) is 3.60. The van der Waals surface area contributed by atoms with Crippen LogP contribution in [-0.2, 0) is 0 Å². The molecule has 0 spiro atoms. The molecule has 0 aliphatic carbocycles. The highest BCUT2D eigenvalue weighted by Crippen LogP contribution is 2.33. The molecular weight excluding hydrogens is 363 g/mol. The molecule has 126 valence electrons. The number of hydrogen-bond acceptors (Lipinski definition) is 5. The Morgan fingerprint density at radius 1 is 1.16 bits per heavy atom. The Balaban J connectivity index is 1.84. The van der Waals surface area contributed by atoms with E-state index < -0.39 is 0 Å². The summed E-state index contributed by atoms with van der Waals surface area (Å²) in [7, 11) is 0. The summed E-state index contributed by atoms with van der Waals surface area (Å²) in [6, 6.07) is 9.98. The summed E-state index contributed by atoms with van der Waals surface area (Å²) in [6.07, 6.45) is 2.95. The first-order valence-corrected chi connectivity index (χ1v) is 7.97. The average molecular weight is 375 g/mol. The first kappa shape index (κ1) is 17.1. The highest BCUT2D eigenvalue weighted by atomic mass is 35.5. The molecular formula is C17H12Cl2N4O2. The molecule has 1 aromatic carbocycles. The van der Waals surface area contributed by atoms with Gasteiger partial charge in [-0.05, 0) is 31.2 Å². The van der Waals surface area contributed by atoms with Gasteiger partial charge in [0.2, 0.25) is 5.88 Å². The minimum atomic E-state index is -0.378. The van der Waals surface area contributed by atoms with E-state index in [1.165, 1.54) is 24.5 Å². The minimum absolute atomic E-state index is 0.186. The Hall–Kier alpha value is -2.70. The number of pyridine rings is 1. The zero-order valence-electron chi connectivity index (χ0n) is 13.0. The van der Waals surface area contributed by atoms with Gasteiger partial charge in [0.1, 0.15) is 16.5 Å². The second-order valence-electron chi connectivity index (χ2n) is 4.98. The Kier molecular flexibility index (Phi) is 5.11. The fourth-order valence-electron chi connectivity index (χ4n) is 2.01. The fraction of sp³-hybridized carbons (Fsp3) is 0.0588. The van der Waals surface area contributed by atoms with Crippen molar-refractivity contribution in [1.29, 1.82) is 0 Å². The van der Waals surface area contributed by atoms with Gasteiger partial charge in [-0.1, -0.05) is 35.3 Å². The topological polar surface area (TPSA) is 77.0 Å². The molecule has 2 heterocycles. The van der Waals surface area contributed by atoms with Gasteiger partial charge >= 0.3 is 0 Å². The normalized spacial score (nSPS) is 10.4. The Bertz CT molecular complexity index is 934. The van der Waals surface area contributed by atoms with Crippen molar-refractivity contribution in [3.05, 3.63) is 70.4 Å². The first-order chi connectivity index (χ1) is 12.0. The highest BCUT2D eigenvalue weighted by molar-refractivity contribution is 6.35. The molecule has 0 aliphatic rings. The number of ether oxygens (including phenoxy) is 1.